The van der Waals surface area contributed by atoms with E-state index in [0.717, 1.165) is 31.7 Å². The maximum absolute atomic E-state index is 14.2. The molecule has 1 unspecified atom stereocenters. The van der Waals surface area contributed by atoms with Crippen molar-refractivity contribution in [3.05, 3.63) is 23.5 Å². The van der Waals surface area contributed by atoms with Gasteiger partial charge in [0.15, 0.2) is 11.6 Å². The van der Waals surface area contributed by atoms with Crippen LogP contribution in [0, 0.1) is 11.7 Å². The highest BCUT2D eigenvalue weighted by Crippen LogP contribution is 2.39. The second-order valence-corrected chi connectivity index (χ2v) is 8.34. The van der Waals surface area contributed by atoms with Gasteiger partial charge in [-0.15, -0.1) is 0 Å². The van der Waals surface area contributed by atoms with Gasteiger partial charge in [0, 0.05) is 0 Å². The van der Waals surface area contributed by atoms with Crippen LogP contribution in [-0.4, -0.2) is 14.0 Å². The van der Waals surface area contributed by atoms with E-state index in [-0.39, 0.29) is 10.6 Å². The van der Waals surface area contributed by atoms with Crippen LogP contribution in [0.25, 0.3) is 0 Å². The lowest BCUT2D eigenvalue weighted by Crippen LogP contribution is -2.37. The van der Waals surface area contributed by atoms with Gasteiger partial charge in [-0.05, 0) is 56.2 Å². The van der Waals surface area contributed by atoms with Crippen molar-refractivity contribution < 1.29 is 17.5 Å². The lowest BCUT2D eigenvalue weighted by Gasteiger charge is -2.36. The van der Waals surface area contributed by atoms with Gasteiger partial charge in [-0.2, -0.15) is 0 Å². The Hall–Kier alpha value is -1.14. The van der Waals surface area contributed by atoms with E-state index < -0.39 is 21.4 Å². The van der Waals surface area contributed by atoms with Gasteiger partial charge < -0.3 is 4.74 Å². The van der Waals surface area contributed by atoms with E-state index in [9.17, 15) is 12.8 Å². The number of hydrogen-bond donors (Lipinski definition) is 1. The number of sulfonamides is 1. The summed E-state index contributed by atoms with van der Waals surface area (Å²) >= 11 is 0. The fraction of sp³-hybridized carbons (Fsp3) is 0.625. The van der Waals surface area contributed by atoms with Gasteiger partial charge in [-0.1, -0.05) is 20.3 Å². The van der Waals surface area contributed by atoms with Crippen molar-refractivity contribution in [3.63, 3.8) is 0 Å². The zero-order valence-electron chi connectivity index (χ0n) is 13.4. The number of rotatable bonds is 5. The summed E-state index contributed by atoms with van der Waals surface area (Å²) < 4.78 is 42.8. The van der Waals surface area contributed by atoms with Gasteiger partial charge in [0.1, 0.15) is 5.60 Å². The summed E-state index contributed by atoms with van der Waals surface area (Å²) in [5.74, 6) is 0.149. The summed E-state index contributed by atoms with van der Waals surface area (Å²) in [7, 11) is -3.91. The molecule has 0 aliphatic carbocycles. The van der Waals surface area contributed by atoms with Crippen molar-refractivity contribution in [2.75, 3.05) is 0 Å². The van der Waals surface area contributed by atoms with E-state index in [1.807, 2.05) is 6.92 Å². The van der Waals surface area contributed by atoms with Crippen molar-refractivity contribution in [1.29, 1.82) is 0 Å². The van der Waals surface area contributed by atoms with Crippen LogP contribution in [0.2, 0.25) is 0 Å². The monoisotopic (exact) mass is 329 g/mol. The summed E-state index contributed by atoms with van der Waals surface area (Å²) in [6, 6.07) is 2.36. The van der Waals surface area contributed by atoms with Gasteiger partial charge in [0.2, 0.25) is 10.0 Å². The van der Waals surface area contributed by atoms with Crippen molar-refractivity contribution in [2.45, 2.75) is 63.4 Å². The van der Waals surface area contributed by atoms with E-state index in [4.69, 9.17) is 9.88 Å². The molecule has 0 fully saturated rings. The molecule has 0 radical (unpaired) electrons. The van der Waals surface area contributed by atoms with Crippen LogP contribution in [-0.2, 0) is 16.4 Å². The van der Waals surface area contributed by atoms with Gasteiger partial charge in [0.05, 0.1) is 4.90 Å². The Morgan fingerprint density at radius 1 is 1.41 bits per heavy atom. The second-order valence-electron chi connectivity index (χ2n) is 6.78. The molecule has 2 rings (SSSR count). The molecule has 1 aliphatic heterocycles. The van der Waals surface area contributed by atoms with Gasteiger partial charge in [-0.25, -0.2) is 17.9 Å². The minimum atomic E-state index is -3.91. The third-order valence-corrected chi connectivity index (χ3v) is 5.07. The molecule has 0 saturated carbocycles. The molecule has 1 aromatic carbocycles. The van der Waals surface area contributed by atoms with E-state index in [2.05, 4.69) is 13.8 Å². The molecule has 124 valence electrons. The number of fused-ring (bicyclic) bond motifs is 1. The molecule has 0 amide bonds. The molecule has 6 heteroatoms. The molecule has 0 aromatic heterocycles. The van der Waals surface area contributed by atoms with Crippen molar-refractivity contribution in [1.82, 2.24) is 0 Å². The first kappa shape index (κ1) is 17.2. The molecule has 1 atom stereocenters. The quantitative estimate of drug-likeness (QED) is 0.900. The molecule has 0 saturated heterocycles. The van der Waals surface area contributed by atoms with Crippen molar-refractivity contribution >= 4 is 10.0 Å². The number of halogens is 1. The minimum Gasteiger partial charge on any atom is -0.484 e. The molecular weight excluding hydrogens is 305 g/mol. The second kappa shape index (κ2) is 6.16. The largest absolute Gasteiger partial charge is 0.484 e. The maximum Gasteiger partial charge on any atom is 0.238 e. The van der Waals surface area contributed by atoms with Crippen LogP contribution in [0.15, 0.2) is 17.0 Å². The molecule has 4 nitrogen and oxygen atoms in total. The summed E-state index contributed by atoms with van der Waals surface area (Å²) in [4.78, 5) is -0.198. The smallest absolute Gasteiger partial charge is 0.238 e. The number of primary sulfonamides is 1. The van der Waals surface area contributed by atoms with E-state index >= 15 is 0 Å². The van der Waals surface area contributed by atoms with Crippen LogP contribution in [0.5, 0.6) is 5.75 Å². The fourth-order valence-corrected chi connectivity index (χ4v) is 3.42. The number of nitrogens with two attached hydrogens (primary N) is 1. The summed E-state index contributed by atoms with van der Waals surface area (Å²) in [5, 5.41) is 5.07. The topological polar surface area (TPSA) is 69.4 Å². The Morgan fingerprint density at radius 2 is 2.09 bits per heavy atom. The Morgan fingerprint density at radius 3 is 2.68 bits per heavy atom. The van der Waals surface area contributed by atoms with E-state index in [0.29, 0.717) is 17.9 Å². The highest BCUT2D eigenvalue weighted by molar-refractivity contribution is 7.89. The average Bonchev–Trinajstić information content (AvgIpc) is 2.38. The molecule has 0 spiro atoms. The minimum absolute atomic E-state index is 0.172. The first-order valence-corrected chi connectivity index (χ1v) is 9.20. The van der Waals surface area contributed by atoms with Gasteiger partial charge >= 0.3 is 0 Å². The highest BCUT2D eigenvalue weighted by atomic mass is 32.2. The lowest BCUT2D eigenvalue weighted by atomic mass is 9.87. The average molecular weight is 329 g/mol. The van der Waals surface area contributed by atoms with E-state index in [1.54, 1.807) is 0 Å². The molecule has 1 heterocycles. The number of benzene rings is 1. The van der Waals surface area contributed by atoms with E-state index in [1.165, 1.54) is 6.07 Å². The third-order valence-electron chi connectivity index (χ3n) is 4.18. The van der Waals surface area contributed by atoms with Crippen molar-refractivity contribution in [2.24, 2.45) is 11.1 Å². The van der Waals surface area contributed by atoms with Crippen LogP contribution in [0.3, 0.4) is 0 Å². The summed E-state index contributed by atoms with van der Waals surface area (Å²) in [6.45, 7) is 6.34. The number of hydrogen-bond acceptors (Lipinski definition) is 3. The number of ether oxygens (including phenoxy) is 1. The Labute approximate surface area is 131 Å². The normalized spacial score (nSPS) is 21.5. The maximum atomic E-state index is 14.2. The highest BCUT2D eigenvalue weighted by Gasteiger charge is 2.33. The lowest BCUT2D eigenvalue weighted by molar-refractivity contribution is 0.0478. The molecule has 1 aromatic rings. The molecule has 2 N–H and O–H groups in total. The summed E-state index contributed by atoms with van der Waals surface area (Å²) in [6.07, 6.45) is 4.33. The molecule has 22 heavy (non-hydrogen) atoms. The fourth-order valence-electron chi connectivity index (χ4n) is 2.84. The van der Waals surface area contributed by atoms with Gasteiger partial charge in [-0.3, -0.25) is 0 Å². The standard InChI is InChI=1S/C16H24FNO3S/c1-11(2)5-4-7-16(3)8-6-12-9-13(22(18,19)20)10-14(17)15(12)21-16/h9-11H,4-8H2,1-3H3,(H2,18,19,20). The number of aryl methyl sites for hydroxylation is 1. The third kappa shape index (κ3) is 3.98. The van der Waals surface area contributed by atoms with Crippen molar-refractivity contribution in [3.8, 4) is 5.75 Å². The molecular formula is C16H24FNO3S. The molecule has 0 bridgehead atoms. The summed E-state index contributed by atoms with van der Waals surface area (Å²) in [5.41, 5.74) is 0.177. The van der Waals surface area contributed by atoms with Crippen LogP contribution >= 0.6 is 0 Å². The van der Waals surface area contributed by atoms with Crippen LogP contribution in [0.1, 0.15) is 52.0 Å². The Bertz CT molecular complexity index is 658. The van der Waals surface area contributed by atoms with Gasteiger partial charge in [0.25, 0.3) is 0 Å². The van der Waals surface area contributed by atoms with Crippen LogP contribution in [0.4, 0.5) is 4.39 Å². The zero-order chi connectivity index (χ0) is 16.5. The predicted molar refractivity (Wildman–Crippen MR) is 83.8 cm³/mol. The Balaban J connectivity index is 2.20. The van der Waals surface area contributed by atoms with Crippen LogP contribution < -0.4 is 9.88 Å². The first-order valence-electron chi connectivity index (χ1n) is 7.65. The predicted octanol–water partition coefficient (Wildman–Crippen LogP) is 3.38. The Kier molecular flexibility index (Phi) is 4.82. The SMILES string of the molecule is CC(C)CCCC1(C)CCc2cc(S(N)(=O)=O)cc(F)c2O1. The first-order chi connectivity index (χ1) is 10.1. The molecule has 1 aliphatic rings. The zero-order valence-corrected chi connectivity index (χ0v) is 14.2.